The zero-order chi connectivity index (χ0) is 18.9. The van der Waals surface area contributed by atoms with Crippen LogP contribution in [0.2, 0.25) is 0 Å². The summed E-state index contributed by atoms with van der Waals surface area (Å²) in [6.07, 6.45) is 2.78. The number of hydrogen-bond acceptors (Lipinski definition) is 7. The number of hydrogen-bond donors (Lipinski definition) is 0. The van der Waals surface area contributed by atoms with E-state index < -0.39 is 4.92 Å². The van der Waals surface area contributed by atoms with E-state index in [0.717, 1.165) is 5.56 Å². The fourth-order valence-electron chi connectivity index (χ4n) is 2.25. The molecule has 2 rings (SSSR count). The molecule has 0 N–H and O–H groups in total. The summed E-state index contributed by atoms with van der Waals surface area (Å²) in [7, 11) is 0. The first kappa shape index (κ1) is 19.6. The van der Waals surface area contributed by atoms with Gasteiger partial charge in [-0.3, -0.25) is 19.5 Å². The average Bonchev–Trinajstić information content (AvgIpc) is 3.02. The molecule has 0 amide bonds. The molecule has 0 aliphatic carbocycles. The zero-order valence-corrected chi connectivity index (χ0v) is 15.3. The monoisotopic (exact) mass is 376 g/mol. The quantitative estimate of drug-likeness (QED) is 0.156. The summed E-state index contributed by atoms with van der Waals surface area (Å²) >= 11 is 1.50. The Morgan fingerprint density at radius 1 is 1.38 bits per heavy atom. The third-order valence-electron chi connectivity index (χ3n) is 3.43. The Bertz CT molecular complexity index is 774. The molecule has 0 bridgehead atoms. The summed E-state index contributed by atoms with van der Waals surface area (Å²) < 4.78 is 6.79. The Morgan fingerprint density at radius 3 is 2.73 bits per heavy atom. The molecule has 1 heterocycles. The van der Waals surface area contributed by atoms with Crippen LogP contribution in [0.25, 0.3) is 11.4 Å². The molecular formula is C17H20N4O4S. The van der Waals surface area contributed by atoms with Gasteiger partial charge in [0.25, 0.3) is 5.69 Å². The number of nitro groups is 1. The highest BCUT2D eigenvalue weighted by atomic mass is 32.2. The molecule has 0 fully saturated rings. The Balaban J connectivity index is 2.08. The predicted octanol–water partition coefficient (Wildman–Crippen LogP) is 3.47. The van der Waals surface area contributed by atoms with Crippen LogP contribution >= 0.6 is 11.8 Å². The van der Waals surface area contributed by atoms with Crippen LogP contribution in [-0.2, 0) is 16.1 Å². The molecule has 0 spiro atoms. The van der Waals surface area contributed by atoms with Crippen LogP contribution in [0, 0.1) is 10.1 Å². The molecule has 0 aliphatic rings. The van der Waals surface area contributed by atoms with Gasteiger partial charge < -0.3 is 4.74 Å². The molecule has 0 saturated carbocycles. The van der Waals surface area contributed by atoms with E-state index in [1.54, 1.807) is 25.1 Å². The molecule has 1 aromatic carbocycles. The van der Waals surface area contributed by atoms with Gasteiger partial charge in [-0.15, -0.1) is 16.8 Å². The number of nitrogens with zero attached hydrogens (tertiary/aromatic N) is 4. The van der Waals surface area contributed by atoms with Gasteiger partial charge in [0.2, 0.25) is 0 Å². The number of carbonyl (C=O) groups excluding carboxylic acids is 1. The third-order valence-corrected chi connectivity index (χ3v) is 4.48. The first-order valence-electron chi connectivity index (χ1n) is 8.14. The van der Waals surface area contributed by atoms with Gasteiger partial charge in [-0.05, 0) is 25.5 Å². The first-order chi connectivity index (χ1) is 12.6. The van der Waals surface area contributed by atoms with Gasteiger partial charge in [0.15, 0.2) is 11.0 Å². The highest BCUT2D eigenvalue weighted by Gasteiger charge is 2.15. The van der Waals surface area contributed by atoms with Gasteiger partial charge in [0.05, 0.1) is 11.5 Å². The van der Waals surface area contributed by atoms with Crippen LogP contribution in [0.4, 0.5) is 5.69 Å². The summed E-state index contributed by atoms with van der Waals surface area (Å²) in [4.78, 5) is 21.7. The number of rotatable bonds is 10. The number of allylic oxidation sites excluding steroid dienone is 1. The van der Waals surface area contributed by atoms with Crippen molar-refractivity contribution in [3.8, 4) is 11.4 Å². The molecule has 0 saturated heterocycles. The smallest absolute Gasteiger partial charge is 0.305 e. The summed E-state index contributed by atoms with van der Waals surface area (Å²) in [5.41, 5.74) is 0.764. The Hall–Kier alpha value is -2.68. The number of benzene rings is 1. The van der Waals surface area contributed by atoms with Crippen molar-refractivity contribution in [3.05, 3.63) is 47.0 Å². The van der Waals surface area contributed by atoms with Crippen LogP contribution in [0.5, 0.6) is 0 Å². The second kappa shape index (κ2) is 9.71. The van der Waals surface area contributed by atoms with Crippen molar-refractivity contribution >= 4 is 23.4 Å². The van der Waals surface area contributed by atoms with E-state index in [1.807, 2.05) is 4.57 Å². The lowest BCUT2D eigenvalue weighted by Gasteiger charge is -2.07. The standard InChI is InChI=1S/C17H20N4O4S/c1-3-11-20-16(13-7-9-14(10-8-13)21(23)24)18-19-17(20)26-12-5-6-15(22)25-4-2/h3,7-10H,1,4-6,11-12H2,2H3. The van der Waals surface area contributed by atoms with E-state index in [1.165, 1.54) is 23.9 Å². The lowest BCUT2D eigenvalue weighted by Crippen LogP contribution is -2.04. The van der Waals surface area contributed by atoms with Gasteiger partial charge in [0, 0.05) is 36.4 Å². The van der Waals surface area contributed by atoms with E-state index in [0.29, 0.717) is 42.7 Å². The zero-order valence-electron chi connectivity index (χ0n) is 14.5. The fraction of sp³-hybridized carbons (Fsp3) is 0.353. The largest absolute Gasteiger partial charge is 0.466 e. The Morgan fingerprint density at radius 2 is 2.12 bits per heavy atom. The summed E-state index contributed by atoms with van der Waals surface area (Å²) in [5, 5.41) is 19.9. The molecule has 2 aromatic rings. The molecule has 0 atom stereocenters. The summed E-state index contributed by atoms with van der Waals surface area (Å²) in [5.74, 6) is 1.12. The number of non-ortho nitro benzene ring substituents is 1. The second-order valence-corrected chi connectivity index (χ2v) is 6.33. The second-order valence-electron chi connectivity index (χ2n) is 5.27. The van der Waals surface area contributed by atoms with E-state index in [-0.39, 0.29) is 11.7 Å². The lowest BCUT2D eigenvalue weighted by molar-refractivity contribution is -0.384. The number of thioether (sulfide) groups is 1. The minimum Gasteiger partial charge on any atom is -0.466 e. The molecule has 0 unspecified atom stereocenters. The van der Waals surface area contributed by atoms with E-state index >= 15 is 0 Å². The maximum absolute atomic E-state index is 11.4. The number of ether oxygens (including phenoxy) is 1. The number of nitro benzene ring substituents is 1. The highest BCUT2D eigenvalue weighted by molar-refractivity contribution is 7.99. The molecule has 0 radical (unpaired) electrons. The molecule has 0 aliphatic heterocycles. The van der Waals surface area contributed by atoms with Crippen molar-refractivity contribution in [2.75, 3.05) is 12.4 Å². The van der Waals surface area contributed by atoms with E-state index in [9.17, 15) is 14.9 Å². The van der Waals surface area contributed by atoms with Gasteiger partial charge in [0.1, 0.15) is 0 Å². The van der Waals surface area contributed by atoms with E-state index in [2.05, 4.69) is 16.8 Å². The minimum atomic E-state index is -0.441. The maximum atomic E-state index is 11.4. The van der Waals surface area contributed by atoms with Crippen molar-refractivity contribution in [2.45, 2.75) is 31.5 Å². The molecule has 8 nitrogen and oxygen atoms in total. The van der Waals surface area contributed by atoms with E-state index in [4.69, 9.17) is 4.74 Å². The normalized spacial score (nSPS) is 10.5. The van der Waals surface area contributed by atoms with Gasteiger partial charge >= 0.3 is 5.97 Å². The average molecular weight is 376 g/mol. The van der Waals surface area contributed by atoms with Crippen molar-refractivity contribution in [1.82, 2.24) is 14.8 Å². The lowest BCUT2D eigenvalue weighted by atomic mass is 10.2. The number of carbonyl (C=O) groups is 1. The number of aromatic nitrogens is 3. The van der Waals surface area contributed by atoms with Crippen LogP contribution in [0.3, 0.4) is 0 Å². The van der Waals surface area contributed by atoms with Crippen LogP contribution in [0.15, 0.2) is 42.1 Å². The Kier molecular flexibility index (Phi) is 7.34. The topological polar surface area (TPSA) is 100 Å². The van der Waals surface area contributed by atoms with Gasteiger partial charge in [-0.2, -0.15) is 0 Å². The van der Waals surface area contributed by atoms with Crippen LogP contribution < -0.4 is 0 Å². The van der Waals surface area contributed by atoms with Gasteiger partial charge in [-0.25, -0.2) is 0 Å². The van der Waals surface area contributed by atoms with Gasteiger partial charge in [-0.1, -0.05) is 17.8 Å². The molecular weight excluding hydrogens is 356 g/mol. The van der Waals surface area contributed by atoms with Crippen molar-refractivity contribution in [2.24, 2.45) is 0 Å². The predicted molar refractivity (Wildman–Crippen MR) is 98.9 cm³/mol. The van der Waals surface area contributed by atoms with Crippen molar-refractivity contribution in [1.29, 1.82) is 0 Å². The van der Waals surface area contributed by atoms with Crippen LogP contribution in [-0.4, -0.2) is 38.0 Å². The highest BCUT2D eigenvalue weighted by Crippen LogP contribution is 2.26. The number of esters is 1. The maximum Gasteiger partial charge on any atom is 0.305 e. The third kappa shape index (κ3) is 5.16. The Labute approximate surface area is 155 Å². The molecule has 1 aromatic heterocycles. The SMILES string of the molecule is C=CCn1c(SCCCC(=O)OCC)nnc1-c1ccc([N+](=O)[O-])cc1. The van der Waals surface area contributed by atoms with Crippen LogP contribution in [0.1, 0.15) is 19.8 Å². The fourth-order valence-corrected chi connectivity index (χ4v) is 3.13. The summed E-state index contributed by atoms with van der Waals surface area (Å²) in [6.45, 7) is 6.44. The first-order valence-corrected chi connectivity index (χ1v) is 9.12. The van der Waals surface area contributed by atoms with Crippen molar-refractivity contribution in [3.63, 3.8) is 0 Å². The molecule has 138 valence electrons. The van der Waals surface area contributed by atoms with Crippen molar-refractivity contribution < 1.29 is 14.5 Å². The minimum absolute atomic E-state index is 0.0251. The summed E-state index contributed by atoms with van der Waals surface area (Å²) in [6, 6.07) is 6.18. The molecule has 26 heavy (non-hydrogen) atoms. The molecule has 9 heteroatoms.